The zero-order valence-electron chi connectivity index (χ0n) is 47.0. The molecule has 0 aromatic rings. The van der Waals surface area contributed by atoms with Crippen LogP contribution in [0.1, 0.15) is 206 Å². The number of hydrogen-bond acceptors (Lipinski definition) is 13. The van der Waals surface area contributed by atoms with E-state index in [-0.39, 0.29) is 18.9 Å². The topological polar surface area (TPSA) is 228 Å². The predicted octanol–water partition coefficient (Wildman–Crippen LogP) is 10.1. The average Bonchev–Trinajstić information content (AvgIpc) is 3.42. The first-order valence-electron chi connectivity index (χ1n) is 29.8. The van der Waals surface area contributed by atoms with E-state index in [0.717, 1.165) is 89.9 Å². The van der Waals surface area contributed by atoms with E-state index in [1.807, 2.05) is 6.08 Å². The van der Waals surface area contributed by atoms with Gasteiger partial charge in [0.2, 0.25) is 5.91 Å². The van der Waals surface area contributed by atoms with Crippen LogP contribution < -0.4 is 5.32 Å². The molecule has 2 aliphatic heterocycles. The van der Waals surface area contributed by atoms with Crippen LogP contribution in [0.5, 0.6) is 0 Å². The van der Waals surface area contributed by atoms with Gasteiger partial charge in [-0.15, -0.1) is 0 Å². The third-order valence-corrected chi connectivity index (χ3v) is 14.1. The molecule has 1 amide bonds. The molecule has 2 aliphatic rings. The van der Waals surface area contributed by atoms with Crippen molar-refractivity contribution in [1.29, 1.82) is 0 Å². The van der Waals surface area contributed by atoms with Gasteiger partial charge in [-0.2, -0.15) is 0 Å². The Morgan fingerprint density at radius 3 is 1.39 bits per heavy atom. The highest BCUT2D eigenvalue weighted by molar-refractivity contribution is 5.76. The smallest absolute Gasteiger partial charge is 0.220 e. The molecule has 438 valence electrons. The van der Waals surface area contributed by atoms with Gasteiger partial charge in [0.1, 0.15) is 48.8 Å². The van der Waals surface area contributed by atoms with Crippen molar-refractivity contribution >= 4 is 5.91 Å². The minimum absolute atomic E-state index is 0.252. The molecule has 0 radical (unpaired) electrons. The zero-order valence-corrected chi connectivity index (χ0v) is 47.0. The Morgan fingerprint density at radius 1 is 0.487 bits per heavy atom. The number of hydrogen-bond donors (Lipinski definition) is 9. The Bertz CT molecular complexity index is 1600. The standard InChI is InChI=1S/C62H107NO13/c1-3-5-7-9-11-13-15-17-19-20-21-22-23-24-25-26-27-28-29-30-32-34-36-38-40-42-44-46-54(67)63-50(51(66)45-43-41-39-37-35-33-31-18-16-14-12-10-8-6-4-2)49-73-61-59(72)57(70)60(53(48-65)75-61)76-62-58(71)56(69)55(68)52(47-64)74-62/h5,7,11,13,17,19,21-22,24-25,27-28,43,45,50-53,55-62,64-66,68-72H,3-4,6,8-10,12,14-16,18,20,23,26,29-42,44,46-49H2,1-2H3,(H,63,67)/b7-5-,13-11-,19-17-,22-21-,25-24-,28-27-,45-43+. The van der Waals surface area contributed by atoms with Gasteiger partial charge < -0.3 is 65.1 Å². The third-order valence-electron chi connectivity index (χ3n) is 14.1. The Kier molecular flexibility index (Phi) is 42.9. The van der Waals surface area contributed by atoms with E-state index in [1.165, 1.54) is 89.9 Å². The molecule has 9 N–H and O–H groups in total. The summed E-state index contributed by atoms with van der Waals surface area (Å²) < 4.78 is 22.8. The molecule has 0 saturated carbocycles. The largest absolute Gasteiger partial charge is 0.394 e. The minimum Gasteiger partial charge on any atom is -0.394 e. The number of aliphatic hydroxyl groups excluding tert-OH is 8. The molecule has 0 bridgehead atoms. The normalized spacial score (nSPS) is 25.5. The van der Waals surface area contributed by atoms with Crippen molar-refractivity contribution in [3.63, 3.8) is 0 Å². The Hall–Kier alpha value is -2.83. The van der Waals surface area contributed by atoms with Crippen LogP contribution in [0.4, 0.5) is 0 Å². The van der Waals surface area contributed by atoms with Crippen LogP contribution in [0, 0.1) is 0 Å². The van der Waals surface area contributed by atoms with Crippen molar-refractivity contribution in [2.24, 2.45) is 0 Å². The van der Waals surface area contributed by atoms with Crippen LogP contribution in [-0.2, 0) is 23.7 Å². The molecule has 0 aliphatic carbocycles. The molecule has 2 rings (SSSR count). The lowest BCUT2D eigenvalue weighted by atomic mass is 9.97. The summed E-state index contributed by atoms with van der Waals surface area (Å²) in [4.78, 5) is 13.3. The molecule has 14 heteroatoms. The van der Waals surface area contributed by atoms with Gasteiger partial charge in [-0.05, 0) is 70.6 Å². The fourth-order valence-corrected chi connectivity index (χ4v) is 9.29. The van der Waals surface area contributed by atoms with E-state index in [4.69, 9.17) is 18.9 Å². The van der Waals surface area contributed by atoms with Gasteiger partial charge in [-0.25, -0.2) is 0 Å². The summed E-state index contributed by atoms with van der Waals surface area (Å²) in [7, 11) is 0. The van der Waals surface area contributed by atoms with Crippen LogP contribution >= 0.6 is 0 Å². The first kappa shape index (κ1) is 69.3. The van der Waals surface area contributed by atoms with Crippen molar-refractivity contribution in [1.82, 2.24) is 5.32 Å². The van der Waals surface area contributed by atoms with E-state index in [2.05, 4.69) is 92.1 Å². The van der Waals surface area contributed by atoms with Crippen LogP contribution in [-0.4, -0.2) is 140 Å². The Balaban J connectivity index is 1.75. The monoisotopic (exact) mass is 1070 g/mol. The molecule has 76 heavy (non-hydrogen) atoms. The molecule has 2 heterocycles. The second-order valence-corrected chi connectivity index (χ2v) is 20.7. The van der Waals surface area contributed by atoms with Crippen molar-refractivity contribution < 1.29 is 64.6 Å². The SMILES string of the molecule is CC/C=C\C/C=C\C/C=C\C/C=C\C/C=C\C/C=C\CCCCCCCCCCC(=O)NC(COC1OC(CO)C(OC2OC(CO)C(O)C(O)C2O)C(O)C1O)C(O)/C=C/CCCCCCCCCCCCCCC. The fraction of sp³-hybridized carbons (Fsp3) is 0.758. The second kappa shape index (κ2) is 47.0. The number of allylic oxidation sites excluding steroid dienone is 13. The van der Waals surface area contributed by atoms with Gasteiger partial charge in [0.25, 0.3) is 0 Å². The maximum absolute atomic E-state index is 13.3. The minimum atomic E-state index is -1.79. The number of carbonyl (C=O) groups excluding carboxylic acids is 1. The summed E-state index contributed by atoms with van der Waals surface area (Å²) in [5, 5.41) is 87.1. The fourth-order valence-electron chi connectivity index (χ4n) is 9.29. The molecule has 0 spiro atoms. The molecule has 14 nitrogen and oxygen atoms in total. The molecular weight excluding hydrogens is 967 g/mol. The highest BCUT2D eigenvalue weighted by Crippen LogP contribution is 2.30. The van der Waals surface area contributed by atoms with Crippen LogP contribution in [0.25, 0.3) is 0 Å². The number of carbonyl (C=O) groups is 1. The highest BCUT2D eigenvalue weighted by atomic mass is 16.7. The van der Waals surface area contributed by atoms with E-state index in [9.17, 15) is 45.6 Å². The Morgan fingerprint density at radius 2 is 0.908 bits per heavy atom. The lowest BCUT2D eigenvalue weighted by Gasteiger charge is -2.46. The van der Waals surface area contributed by atoms with E-state index in [0.29, 0.717) is 6.42 Å². The van der Waals surface area contributed by atoms with Crippen LogP contribution in [0.3, 0.4) is 0 Å². The van der Waals surface area contributed by atoms with Crippen molar-refractivity contribution in [3.05, 3.63) is 85.1 Å². The highest BCUT2D eigenvalue weighted by Gasteiger charge is 2.51. The number of aliphatic hydroxyl groups is 8. The molecule has 0 aromatic carbocycles. The molecule has 12 atom stereocenters. The summed E-state index contributed by atoms with van der Waals surface area (Å²) in [5.41, 5.74) is 0. The lowest BCUT2D eigenvalue weighted by Crippen LogP contribution is -2.65. The Labute approximate surface area is 459 Å². The molecule has 0 aromatic heterocycles. The first-order valence-corrected chi connectivity index (χ1v) is 29.8. The third kappa shape index (κ3) is 32.3. The maximum atomic E-state index is 13.3. The van der Waals surface area contributed by atoms with Gasteiger partial charge in [0, 0.05) is 6.42 Å². The summed E-state index contributed by atoms with van der Waals surface area (Å²) in [6.45, 7) is 2.67. The van der Waals surface area contributed by atoms with Crippen molar-refractivity contribution in [2.75, 3.05) is 19.8 Å². The molecular formula is C62H107NO13. The van der Waals surface area contributed by atoms with Crippen molar-refractivity contribution in [3.8, 4) is 0 Å². The van der Waals surface area contributed by atoms with Gasteiger partial charge in [-0.1, -0.05) is 214 Å². The average molecular weight is 1070 g/mol. The van der Waals surface area contributed by atoms with E-state index in [1.54, 1.807) is 6.08 Å². The zero-order chi connectivity index (χ0) is 55.3. The number of rotatable bonds is 46. The van der Waals surface area contributed by atoms with E-state index < -0.39 is 86.8 Å². The number of unbranched alkanes of at least 4 members (excludes halogenated alkanes) is 21. The van der Waals surface area contributed by atoms with Crippen LogP contribution in [0.2, 0.25) is 0 Å². The summed E-state index contributed by atoms with van der Waals surface area (Å²) in [5.74, 6) is -0.252. The van der Waals surface area contributed by atoms with Gasteiger partial charge in [0.15, 0.2) is 12.6 Å². The predicted molar refractivity (Wildman–Crippen MR) is 304 cm³/mol. The molecule has 12 unspecified atom stereocenters. The lowest BCUT2D eigenvalue weighted by molar-refractivity contribution is -0.359. The summed E-state index contributed by atoms with van der Waals surface area (Å²) >= 11 is 0. The maximum Gasteiger partial charge on any atom is 0.220 e. The summed E-state index contributed by atoms with van der Waals surface area (Å²) in [6, 6.07) is -0.924. The van der Waals surface area contributed by atoms with Gasteiger partial charge in [0.05, 0.1) is 32.0 Å². The van der Waals surface area contributed by atoms with Gasteiger partial charge >= 0.3 is 0 Å². The van der Waals surface area contributed by atoms with Crippen LogP contribution in [0.15, 0.2) is 85.1 Å². The quantitative estimate of drug-likeness (QED) is 0.0205. The number of ether oxygens (including phenoxy) is 4. The first-order chi connectivity index (χ1) is 37.1. The molecule has 2 fully saturated rings. The second-order valence-electron chi connectivity index (χ2n) is 20.7. The van der Waals surface area contributed by atoms with E-state index >= 15 is 0 Å². The molecule has 2 saturated heterocycles. The number of nitrogens with one attached hydrogen (secondary N) is 1. The number of amides is 1. The summed E-state index contributed by atoms with van der Waals surface area (Å²) in [6.07, 6.45) is 46.1. The van der Waals surface area contributed by atoms with Gasteiger partial charge in [-0.3, -0.25) is 4.79 Å². The van der Waals surface area contributed by atoms with Crippen molar-refractivity contribution in [2.45, 2.75) is 280 Å².